The summed E-state index contributed by atoms with van der Waals surface area (Å²) < 4.78 is 0. The van der Waals surface area contributed by atoms with Crippen molar-refractivity contribution in [3.05, 3.63) is 11.9 Å². The SMILES string of the molecule is CCCc1nc(NC)cc(NCC2(CO)CC2)n1. The Morgan fingerprint density at radius 2 is 2.06 bits per heavy atom. The monoisotopic (exact) mass is 250 g/mol. The van der Waals surface area contributed by atoms with Crippen LogP contribution in [0.5, 0.6) is 0 Å². The molecular formula is C13H22N4O. The van der Waals surface area contributed by atoms with Crippen molar-refractivity contribution in [3.63, 3.8) is 0 Å². The lowest BCUT2D eigenvalue weighted by atomic mass is 10.1. The molecule has 1 aromatic heterocycles. The predicted octanol–water partition coefficient (Wildman–Crippen LogP) is 1.66. The van der Waals surface area contributed by atoms with E-state index >= 15 is 0 Å². The van der Waals surface area contributed by atoms with Crippen LogP contribution in [0.15, 0.2) is 6.07 Å². The Bertz CT molecular complexity index is 404. The van der Waals surface area contributed by atoms with Crippen molar-refractivity contribution >= 4 is 11.6 Å². The summed E-state index contributed by atoms with van der Waals surface area (Å²) in [5, 5.41) is 15.7. The fraction of sp³-hybridized carbons (Fsp3) is 0.692. The van der Waals surface area contributed by atoms with Gasteiger partial charge in [-0.15, -0.1) is 0 Å². The van der Waals surface area contributed by atoms with Crippen LogP contribution < -0.4 is 10.6 Å². The van der Waals surface area contributed by atoms with Crippen molar-refractivity contribution in [3.8, 4) is 0 Å². The molecule has 0 radical (unpaired) electrons. The fourth-order valence-electron chi connectivity index (χ4n) is 1.90. The number of hydrogen-bond donors (Lipinski definition) is 3. The van der Waals surface area contributed by atoms with Gasteiger partial charge in [-0.2, -0.15) is 0 Å². The molecule has 1 saturated carbocycles. The Balaban J connectivity index is 2.04. The van der Waals surface area contributed by atoms with Gasteiger partial charge in [-0.3, -0.25) is 0 Å². The normalized spacial score (nSPS) is 16.4. The van der Waals surface area contributed by atoms with Gasteiger partial charge in [-0.1, -0.05) is 6.92 Å². The highest BCUT2D eigenvalue weighted by Gasteiger charge is 2.41. The lowest BCUT2D eigenvalue weighted by molar-refractivity contribution is 0.219. The summed E-state index contributed by atoms with van der Waals surface area (Å²) in [6.07, 6.45) is 4.12. The minimum Gasteiger partial charge on any atom is -0.396 e. The highest BCUT2D eigenvalue weighted by atomic mass is 16.3. The Hall–Kier alpha value is -1.36. The first-order valence-electron chi connectivity index (χ1n) is 6.62. The second kappa shape index (κ2) is 5.52. The van der Waals surface area contributed by atoms with Crippen molar-refractivity contribution in [1.29, 1.82) is 0 Å². The van der Waals surface area contributed by atoms with Gasteiger partial charge < -0.3 is 15.7 Å². The third-order valence-electron chi connectivity index (χ3n) is 3.44. The van der Waals surface area contributed by atoms with Crippen LogP contribution in [-0.2, 0) is 6.42 Å². The molecule has 1 aliphatic rings. The van der Waals surface area contributed by atoms with Gasteiger partial charge in [0.1, 0.15) is 17.5 Å². The van der Waals surface area contributed by atoms with Crippen LogP contribution in [0.1, 0.15) is 32.0 Å². The fourth-order valence-corrected chi connectivity index (χ4v) is 1.90. The summed E-state index contributed by atoms with van der Waals surface area (Å²) in [4.78, 5) is 8.90. The van der Waals surface area contributed by atoms with Gasteiger partial charge in [0.2, 0.25) is 0 Å². The maximum absolute atomic E-state index is 9.29. The maximum Gasteiger partial charge on any atom is 0.133 e. The number of anilines is 2. The Labute approximate surface area is 108 Å². The molecule has 1 heterocycles. The maximum atomic E-state index is 9.29. The van der Waals surface area contributed by atoms with E-state index < -0.39 is 0 Å². The van der Waals surface area contributed by atoms with Crippen molar-refractivity contribution in [2.75, 3.05) is 30.8 Å². The number of aryl methyl sites for hydroxylation is 1. The average Bonchev–Trinajstić information content (AvgIpc) is 3.17. The molecule has 0 unspecified atom stereocenters. The predicted molar refractivity (Wildman–Crippen MR) is 72.8 cm³/mol. The number of nitrogens with zero attached hydrogens (tertiary/aromatic N) is 2. The van der Waals surface area contributed by atoms with Crippen molar-refractivity contribution < 1.29 is 5.11 Å². The first kappa shape index (κ1) is 13.1. The van der Waals surface area contributed by atoms with E-state index in [1.165, 1.54) is 0 Å². The van der Waals surface area contributed by atoms with E-state index in [2.05, 4.69) is 27.5 Å². The zero-order valence-corrected chi connectivity index (χ0v) is 11.2. The summed E-state index contributed by atoms with van der Waals surface area (Å²) in [6.45, 7) is 3.16. The van der Waals surface area contributed by atoms with Crippen LogP contribution >= 0.6 is 0 Å². The molecule has 0 amide bonds. The molecule has 1 aromatic rings. The second-order valence-corrected chi connectivity index (χ2v) is 5.07. The largest absolute Gasteiger partial charge is 0.396 e. The van der Waals surface area contributed by atoms with Gasteiger partial charge in [0, 0.05) is 31.5 Å². The highest BCUT2D eigenvalue weighted by Crippen LogP contribution is 2.44. The van der Waals surface area contributed by atoms with E-state index in [0.717, 1.165) is 49.7 Å². The van der Waals surface area contributed by atoms with E-state index in [1.807, 2.05) is 13.1 Å². The highest BCUT2D eigenvalue weighted by molar-refractivity contribution is 5.47. The van der Waals surface area contributed by atoms with Gasteiger partial charge in [-0.05, 0) is 19.3 Å². The Kier molecular flexibility index (Phi) is 4.01. The van der Waals surface area contributed by atoms with E-state index in [1.54, 1.807) is 0 Å². The molecule has 0 bridgehead atoms. The Morgan fingerprint density at radius 1 is 1.33 bits per heavy atom. The zero-order chi connectivity index (χ0) is 13.0. The first-order valence-corrected chi connectivity index (χ1v) is 6.62. The lowest BCUT2D eigenvalue weighted by Crippen LogP contribution is -2.20. The van der Waals surface area contributed by atoms with E-state index in [0.29, 0.717) is 0 Å². The molecule has 2 rings (SSSR count). The van der Waals surface area contributed by atoms with Gasteiger partial charge in [0.05, 0.1) is 6.61 Å². The van der Waals surface area contributed by atoms with Gasteiger partial charge in [-0.25, -0.2) is 9.97 Å². The number of aliphatic hydroxyl groups is 1. The molecule has 1 fully saturated rings. The van der Waals surface area contributed by atoms with Crippen LogP contribution in [0, 0.1) is 5.41 Å². The van der Waals surface area contributed by atoms with E-state index in [4.69, 9.17) is 0 Å². The minimum absolute atomic E-state index is 0.0929. The topological polar surface area (TPSA) is 70.1 Å². The lowest BCUT2D eigenvalue weighted by Gasteiger charge is -2.14. The molecule has 5 nitrogen and oxygen atoms in total. The minimum atomic E-state index is 0.0929. The Morgan fingerprint density at radius 3 is 2.61 bits per heavy atom. The third kappa shape index (κ3) is 3.10. The summed E-state index contributed by atoms with van der Waals surface area (Å²) in [6, 6.07) is 1.91. The molecule has 3 N–H and O–H groups in total. The smallest absolute Gasteiger partial charge is 0.133 e. The molecule has 1 aliphatic carbocycles. The number of aromatic nitrogens is 2. The standard InChI is InChI=1S/C13H22N4O/c1-3-4-10-16-11(14-2)7-12(17-10)15-8-13(9-18)5-6-13/h7,18H,3-6,8-9H2,1-2H3,(H2,14,15,16,17). The van der Waals surface area contributed by atoms with Crippen molar-refractivity contribution in [1.82, 2.24) is 9.97 Å². The van der Waals surface area contributed by atoms with Crippen LogP contribution in [0.2, 0.25) is 0 Å². The average molecular weight is 250 g/mol. The number of aliphatic hydroxyl groups excluding tert-OH is 1. The summed E-state index contributed by atoms with van der Waals surface area (Å²) in [5.74, 6) is 2.54. The summed E-state index contributed by atoms with van der Waals surface area (Å²) in [7, 11) is 1.86. The molecular weight excluding hydrogens is 228 g/mol. The molecule has 0 saturated heterocycles. The molecule has 0 atom stereocenters. The summed E-state index contributed by atoms with van der Waals surface area (Å²) >= 11 is 0. The van der Waals surface area contributed by atoms with Crippen LogP contribution in [0.3, 0.4) is 0 Å². The van der Waals surface area contributed by atoms with Crippen molar-refractivity contribution in [2.45, 2.75) is 32.6 Å². The third-order valence-corrected chi connectivity index (χ3v) is 3.44. The number of rotatable bonds is 7. The molecule has 0 aliphatic heterocycles. The second-order valence-electron chi connectivity index (χ2n) is 5.07. The number of hydrogen-bond acceptors (Lipinski definition) is 5. The molecule has 0 spiro atoms. The van der Waals surface area contributed by atoms with Crippen LogP contribution in [0.25, 0.3) is 0 Å². The first-order chi connectivity index (χ1) is 8.71. The van der Waals surface area contributed by atoms with Gasteiger partial charge >= 0.3 is 0 Å². The quantitative estimate of drug-likeness (QED) is 0.686. The van der Waals surface area contributed by atoms with Crippen LogP contribution in [-0.4, -0.2) is 35.3 Å². The van der Waals surface area contributed by atoms with Gasteiger partial charge in [0.15, 0.2) is 0 Å². The van der Waals surface area contributed by atoms with Crippen LogP contribution in [0.4, 0.5) is 11.6 Å². The van der Waals surface area contributed by atoms with Gasteiger partial charge in [0.25, 0.3) is 0 Å². The molecule has 18 heavy (non-hydrogen) atoms. The van der Waals surface area contributed by atoms with E-state index in [9.17, 15) is 5.11 Å². The van der Waals surface area contributed by atoms with Crippen molar-refractivity contribution in [2.24, 2.45) is 5.41 Å². The molecule has 0 aromatic carbocycles. The molecule has 100 valence electrons. The molecule has 5 heteroatoms. The number of nitrogens with one attached hydrogen (secondary N) is 2. The summed E-state index contributed by atoms with van der Waals surface area (Å²) in [5.41, 5.74) is 0.0929. The zero-order valence-electron chi connectivity index (χ0n) is 11.2. The van der Waals surface area contributed by atoms with E-state index in [-0.39, 0.29) is 12.0 Å².